The summed E-state index contributed by atoms with van der Waals surface area (Å²) < 4.78 is 5.35. The summed E-state index contributed by atoms with van der Waals surface area (Å²) in [5.41, 5.74) is 24.5. The van der Waals surface area contributed by atoms with Crippen LogP contribution in [-0.4, -0.2) is 21.5 Å². The van der Waals surface area contributed by atoms with Gasteiger partial charge in [0.25, 0.3) is 0 Å². The monoisotopic (exact) mass is 916 g/mol. The average molecular weight is 916 g/mol. The molecule has 2 atom stereocenters. The molecule has 3 aliphatic heterocycles. The predicted molar refractivity (Wildman–Crippen MR) is 303 cm³/mol. The Labute approximate surface area is 417 Å². The first-order chi connectivity index (χ1) is 33.0. The van der Waals surface area contributed by atoms with Crippen molar-refractivity contribution in [1.29, 1.82) is 0 Å². The summed E-state index contributed by atoms with van der Waals surface area (Å²) in [4.78, 5) is 3.03. The molecule has 1 aliphatic carbocycles. The molecule has 2 aromatic heterocycles. The van der Waals surface area contributed by atoms with E-state index in [-0.39, 0.29) is 39.5 Å². The maximum Gasteiger partial charge on any atom is 0.328 e. The van der Waals surface area contributed by atoms with E-state index in [0.717, 1.165) is 0 Å². The van der Waals surface area contributed by atoms with Gasteiger partial charge >= 0.3 is 6.85 Å². The minimum Gasteiger partial charge on any atom is -0.400 e. The molecule has 0 bridgehead atoms. The van der Waals surface area contributed by atoms with E-state index in [1.54, 1.807) is 5.56 Å². The van der Waals surface area contributed by atoms with E-state index in [2.05, 4.69) is 232 Å². The predicted octanol–water partition coefficient (Wildman–Crippen LogP) is 16.2. The molecule has 0 N–H and O–H groups in total. The zero-order chi connectivity index (χ0) is 49.0. The number of hydrogen-bond acceptors (Lipinski definition) is 1. The second-order valence-corrected chi connectivity index (χ2v) is 26.6. The summed E-state index contributed by atoms with van der Waals surface area (Å²) in [6, 6.07) is 48.7. The van der Waals surface area contributed by atoms with Gasteiger partial charge in [0.05, 0.1) is 22.1 Å². The van der Waals surface area contributed by atoms with Gasteiger partial charge in [0.15, 0.2) is 0 Å². The number of nitrogens with zero attached hydrogens (tertiary/aromatic N) is 3. The maximum absolute atomic E-state index is 3.03. The highest BCUT2D eigenvalue weighted by atomic mass is 15.2. The Hall–Kier alpha value is -6.00. The van der Waals surface area contributed by atoms with Gasteiger partial charge in [-0.05, 0) is 151 Å². The SMILES string of the molecule is CC(C)(C)c1ccc(-c2cc3c4c(c2)C2(C)CCCCC2(C)N4B2c4c-3cc(C(C)(C)C)cc4-n3c4ccc(C(C)(C)C)cc4c4c3c2cc2c3cc(C(C)(C)C)ccc3n(-c3ccccc3)c24)cc1. The minimum atomic E-state index is -0.105. The number of para-hydroxylation sites is 1. The van der Waals surface area contributed by atoms with Crippen LogP contribution in [0.15, 0.2) is 121 Å². The molecule has 9 aromatic rings. The Morgan fingerprint density at radius 3 is 1.73 bits per heavy atom. The molecule has 2 unspecified atom stereocenters. The molecule has 7 aromatic carbocycles. The van der Waals surface area contributed by atoms with Crippen molar-refractivity contribution < 1.29 is 0 Å². The van der Waals surface area contributed by atoms with E-state index < -0.39 is 0 Å². The highest BCUT2D eigenvalue weighted by Crippen LogP contribution is 2.63. The molecule has 4 aliphatic rings. The quantitative estimate of drug-likeness (QED) is 0.158. The molecule has 0 radical (unpaired) electrons. The van der Waals surface area contributed by atoms with E-state index in [9.17, 15) is 0 Å². The zero-order valence-electron chi connectivity index (χ0n) is 44.3. The van der Waals surface area contributed by atoms with Gasteiger partial charge < -0.3 is 13.9 Å². The Kier molecular flexibility index (Phi) is 8.73. The molecular formula is C66H70BN3. The van der Waals surface area contributed by atoms with Crippen molar-refractivity contribution >= 4 is 67.1 Å². The molecule has 1 saturated carbocycles. The van der Waals surface area contributed by atoms with Crippen LogP contribution in [0, 0.1) is 0 Å². The largest absolute Gasteiger partial charge is 0.400 e. The van der Waals surface area contributed by atoms with Crippen LogP contribution < -0.4 is 15.7 Å². The summed E-state index contributed by atoms with van der Waals surface area (Å²) in [5.74, 6) is 0. The van der Waals surface area contributed by atoms with Crippen LogP contribution in [0.5, 0.6) is 0 Å². The lowest BCUT2D eigenvalue weighted by Gasteiger charge is -2.54. The van der Waals surface area contributed by atoms with Crippen LogP contribution >= 0.6 is 0 Å². The smallest absolute Gasteiger partial charge is 0.328 e. The summed E-state index contributed by atoms with van der Waals surface area (Å²) in [5, 5.41) is 5.39. The Morgan fingerprint density at radius 2 is 1.09 bits per heavy atom. The second kappa shape index (κ2) is 13.9. The first-order valence-corrected chi connectivity index (χ1v) is 26.4. The van der Waals surface area contributed by atoms with Gasteiger partial charge in [-0.15, -0.1) is 0 Å². The fraction of sp³-hybridized carbons (Fsp3) is 0.364. The molecule has 5 heterocycles. The van der Waals surface area contributed by atoms with Gasteiger partial charge in [-0.1, -0.05) is 170 Å². The number of fused-ring (bicyclic) bond motifs is 14. The van der Waals surface area contributed by atoms with E-state index in [1.165, 1.54) is 142 Å². The van der Waals surface area contributed by atoms with E-state index in [0.29, 0.717) is 0 Å². The van der Waals surface area contributed by atoms with Crippen LogP contribution in [0.4, 0.5) is 5.69 Å². The van der Waals surface area contributed by atoms with Crippen molar-refractivity contribution in [1.82, 2.24) is 9.13 Å². The molecule has 0 amide bonds. The van der Waals surface area contributed by atoms with Gasteiger partial charge in [-0.25, -0.2) is 0 Å². The lowest BCUT2D eigenvalue weighted by molar-refractivity contribution is 0.199. The molecule has 13 rings (SSSR count). The van der Waals surface area contributed by atoms with Crippen molar-refractivity contribution in [3.05, 3.63) is 149 Å². The Balaban J connectivity index is 1.24. The number of rotatable bonds is 2. The van der Waals surface area contributed by atoms with Crippen LogP contribution in [0.2, 0.25) is 0 Å². The Morgan fingerprint density at radius 1 is 0.486 bits per heavy atom. The number of anilines is 1. The van der Waals surface area contributed by atoms with Gasteiger partial charge in [-0.2, -0.15) is 0 Å². The molecule has 0 saturated heterocycles. The molecule has 352 valence electrons. The van der Waals surface area contributed by atoms with E-state index >= 15 is 0 Å². The van der Waals surface area contributed by atoms with Crippen molar-refractivity contribution in [2.75, 3.05) is 4.81 Å². The van der Waals surface area contributed by atoms with Crippen LogP contribution in [0.25, 0.3) is 77.2 Å². The standard InChI is InChI=1S/C66H70BN3/c1-61(2,3)41-24-22-39(23-25-41)40-32-48-47-36-44(64(10,11)12)37-55-57(47)67(70-58(48)51(33-40)65(13)30-18-19-31-66(65,70)14)52-38-49-46-34-42(62(4,5)6)26-28-53(46)68(45-20-16-15-17-21-45)59(49)56-50-35-43(63(7,8)9)27-29-54(50)69(55)60(52)56/h15-17,20-29,32-38H,18-19,30-31H2,1-14H3. The lowest BCUT2D eigenvalue weighted by Crippen LogP contribution is -2.70. The highest BCUT2D eigenvalue weighted by Gasteiger charge is 2.63. The van der Waals surface area contributed by atoms with Gasteiger partial charge in [-0.3, -0.25) is 0 Å². The fourth-order valence-electron chi connectivity index (χ4n) is 14.0. The van der Waals surface area contributed by atoms with Crippen molar-refractivity contribution in [3.63, 3.8) is 0 Å². The molecule has 1 fully saturated rings. The zero-order valence-corrected chi connectivity index (χ0v) is 44.3. The van der Waals surface area contributed by atoms with Gasteiger partial charge in [0, 0.05) is 55.1 Å². The van der Waals surface area contributed by atoms with Crippen LogP contribution in [0.1, 0.15) is 150 Å². The normalized spacial score (nSPS) is 19.7. The fourth-order valence-corrected chi connectivity index (χ4v) is 14.0. The summed E-state index contributed by atoms with van der Waals surface area (Å²) >= 11 is 0. The van der Waals surface area contributed by atoms with Gasteiger partial charge in [0.2, 0.25) is 0 Å². The average Bonchev–Trinajstić information content (AvgIpc) is 3.89. The van der Waals surface area contributed by atoms with Crippen molar-refractivity contribution in [3.8, 4) is 33.6 Å². The van der Waals surface area contributed by atoms with E-state index in [4.69, 9.17) is 0 Å². The highest BCUT2D eigenvalue weighted by molar-refractivity contribution is 6.93. The molecule has 3 nitrogen and oxygen atoms in total. The molecule has 4 heteroatoms. The number of benzene rings is 7. The van der Waals surface area contributed by atoms with Crippen LogP contribution in [-0.2, 0) is 27.1 Å². The third kappa shape index (κ3) is 5.77. The minimum absolute atomic E-state index is 0.00346. The topological polar surface area (TPSA) is 13.1 Å². The second-order valence-electron chi connectivity index (χ2n) is 26.6. The first kappa shape index (κ1) is 44.0. The number of hydrogen-bond donors (Lipinski definition) is 0. The maximum atomic E-state index is 3.03. The first-order valence-electron chi connectivity index (χ1n) is 26.4. The molecule has 70 heavy (non-hydrogen) atoms. The number of aromatic nitrogens is 2. The summed E-state index contributed by atoms with van der Waals surface area (Å²) in [6.45, 7) is 33.7. The third-order valence-electron chi connectivity index (χ3n) is 18.3. The summed E-state index contributed by atoms with van der Waals surface area (Å²) in [7, 11) is 0. The van der Waals surface area contributed by atoms with E-state index in [1.807, 2.05) is 0 Å². The summed E-state index contributed by atoms with van der Waals surface area (Å²) in [6.07, 6.45) is 4.85. The van der Waals surface area contributed by atoms with Crippen molar-refractivity contribution in [2.45, 2.75) is 155 Å². The lowest BCUT2D eigenvalue weighted by atomic mass is 9.42. The van der Waals surface area contributed by atoms with Crippen LogP contribution in [0.3, 0.4) is 0 Å². The molecular weight excluding hydrogens is 846 g/mol. The van der Waals surface area contributed by atoms with Crippen molar-refractivity contribution in [2.24, 2.45) is 0 Å². The Bertz CT molecular complexity index is 3720. The molecule has 0 spiro atoms. The van der Waals surface area contributed by atoms with Gasteiger partial charge in [0.1, 0.15) is 0 Å². The third-order valence-corrected chi connectivity index (χ3v) is 18.3.